The molecule has 266 valence electrons. The summed E-state index contributed by atoms with van der Waals surface area (Å²) in [5.41, 5.74) is 9.82. The van der Waals surface area contributed by atoms with E-state index in [1.165, 1.54) is 37.3 Å². The zero-order valence-electron chi connectivity index (χ0n) is 30.5. The lowest BCUT2D eigenvalue weighted by atomic mass is 10.0. The third-order valence-corrected chi connectivity index (χ3v) is 12.4. The highest BCUT2D eigenvalue weighted by atomic mass is 32.1. The fraction of sp³-hybridized carbons (Fsp3) is 0. The predicted octanol–water partition coefficient (Wildman–Crippen LogP) is 13.4. The maximum Gasteiger partial charge on any atom is 0.238 e. The average molecular weight is 746 g/mol. The highest BCUT2D eigenvalue weighted by Gasteiger charge is 2.22. The van der Waals surface area contributed by atoms with Crippen LogP contribution in [-0.4, -0.2) is 24.1 Å². The van der Waals surface area contributed by atoms with Crippen molar-refractivity contribution in [1.82, 2.24) is 24.1 Å². The molecule has 5 nitrogen and oxygen atoms in total. The van der Waals surface area contributed by atoms with Crippen molar-refractivity contribution in [1.29, 1.82) is 0 Å². The first kappa shape index (κ1) is 31.9. The van der Waals surface area contributed by atoms with E-state index in [-0.39, 0.29) is 0 Å². The van der Waals surface area contributed by atoms with Gasteiger partial charge in [0.05, 0.1) is 26.8 Å². The highest BCUT2D eigenvalue weighted by Crippen LogP contribution is 2.45. The Morgan fingerprint density at radius 2 is 0.877 bits per heavy atom. The lowest BCUT2D eigenvalue weighted by Crippen LogP contribution is -2.06. The molecule has 0 aliphatic heterocycles. The molecular formula is C51H31N5S. The number of fused-ring (bicyclic) bond motifs is 10. The number of hydrogen-bond donors (Lipinski definition) is 0. The molecule has 4 heterocycles. The molecular weight excluding hydrogens is 715 g/mol. The van der Waals surface area contributed by atoms with Gasteiger partial charge in [0, 0.05) is 53.8 Å². The fourth-order valence-corrected chi connectivity index (χ4v) is 9.99. The van der Waals surface area contributed by atoms with Crippen molar-refractivity contribution < 1.29 is 0 Å². The quantitative estimate of drug-likeness (QED) is 0.176. The van der Waals surface area contributed by atoms with Crippen LogP contribution in [0.25, 0.3) is 109 Å². The maximum atomic E-state index is 5.38. The van der Waals surface area contributed by atoms with E-state index in [0.29, 0.717) is 17.6 Å². The number of thiophene rings is 1. The number of aromatic nitrogens is 5. The van der Waals surface area contributed by atoms with Crippen LogP contribution in [0.3, 0.4) is 0 Å². The Kier molecular flexibility index (Phi) is 7.03. The molecule has 0 spiro atoms. The van der Waals surface area contributed by atoms with Gasteiger partial charge < -0.3 is 4.57 Å². The lowest BCUT2D eigenvalue weighted by molar-refractivity contribution is 0.954. The molecule has 0 saturated heterocycles. The summed E-state index contributed by atoms with van der Waals surface area (Å²) in [4.78, 5) is 16.0. The summed E-state index contributed by atoms with van der Waals surface area (Å²) in [7, 11) is 0. The third kappa shape index (κ3) is 4.91. The SMILES string of the molecule is c1ccc(-c2cccc(-c3nc(-c4cccc5c4sc4c5ccc5c6ccccc6n(-c6ccccc6)c54)nc(-n4c5ccccc5c5ccccc54)n3)c2)cc1. The molecule has 0 atom stereocenters. The first-order chi connectivity index (χ1) is 28.3. The van der Waals surface area contributed by atoms with Crippen LogP contribution in [0.15, 0.2) is 188 Å². The van der Waals surface area contributed by atoms with E-state index in [1.54, 1.807) is 0 Å². The highest BCUT2D eigenvalue weighted by molar-refractivity contribution is 7.27. The average Bonchev–Trinajstić information content (AvgIpc) is 3.95. The number of para-hydroxylation sites is 4. The van der Waals surface area contributed by atoms with Gasteiger partial charge in [0.25, 0.3) is 0 Å². The van der Waals surface area contributed by atoms with Crippen LogP contribution in [0, 0.1) is 0 Å². The number of benzene rings is 8. The van der Waals surface area contributed by atoms with Crippen molar-refractivity contribution in [2.45, 2.75) is 0 Å². The topological polar surface area (TPSA) is 48.5 Å². The zero-order valence-corrected chi connectivity index (χ0v) is 31.4. The summed E-state index contributed by atoms with van der Waals surface area (Å²) in [5.74, 6) is 1.85. The van der Waals surface area contributed by atoms with E-state index in [4.69, 9.17) is 15.0 Å². The molecule has 0 amide bonds. The molecule has 0 aliphatic rings. The van der Waals surface area contributed by atoms with Crippen LogP contribution in [0.4, 0.5) is 0 Å². The van der Waals surface area contributed by atoms with Gasteiger partial charge in [-0.25, -0.2) is 4.98 Å². The van der Waals surface area contributed by atoms with Crippen LogP contribution in [0.5, 0.6) is 0 Å². The van der Waals surface area contributed by atoms with Gasteiger partial charge in [-0.05, 0) is 53.6 Å². The van der Waals surface area contributed by atoms with Gasteiger partial charge in [0.15, 0.2) is 11.6 Å². The molecule has 6 heteroatoms. The maximum absolute atomic E-state index is 5.38. The molecule has 0 N–H and O–H groups in total. The summed E-state index contributed by atoms with van der Waals surface area (Å²) in [6.45, 7) is 0. The molecule has 0 aliphatic carbocycles. The Bertz CT molecular complexity index is 3470. The molecule has 8 aromatic carbocycles. The van der Waals surface area contributed by atoms with E-state index in [1.807, 2.05) is 17.4 Å². The van der Waals surface area contributed by atoms with Crippen molar-refractivity contribution in [2.75, 3.05) is 0 Å². The van der Waals surface area contributed by atoms with Crippen molar-refractivity contribution in [3.8, 4) is 45.5 Å². The second-order valence-corrected chi connectivity index (χ2v) is 15.4. The van der Waals surface area contributed by atoms with E-state index < -0.39 is 0 Å². The van der Waals surface area contributed by atoms with Gasteiger partial charge in [-0.2, -0.15) is 9.97 Å². The summed E-state index contributed by atoms with van der Waals surface area (Å²) < 4.78 is 6.99. The number of hydrogen-bond acceptors (Lipinski definition) is 4. The molecule has 12 aromatic rings. The Morgan fingerprint density at radius 1 is 0.351 bits per heavy atom. The fourth-order valence-electron chi connectivity index (χ4n) is 8.65. The van der Waals surface area contributed by atoms with Gasteiger partial charge in [-0.15, -0.1) is 11.3 Å². The molecule has 4 aromatic heterocycles. The summed E-state index contributed by atoms with van der Waals surface area (Å²) in [6.07, 6.45) is 0. The minimum absolute atomic E-state index is 0.585. The van der Waals surface area contributed by atoms with Crippen LogP contribution in [0.2, 0.25) is 0 Å². The lowest BCUT2D eigenvalue weighted by Gasteiger charge is -2.12. The van der Waals surface area contributed by atoms with Gasteiger partial charge >= 0.3 is 0 Å². The van der Waals surface area contributed by atoms with Gasteiger partial charge in [-0.1, -0.05) is 146 Å². The molecule has 0 saturated carbocycles. The molecule has 0 radical (unpaired) electrons. The minimum atomic E-state index is 0.585. The van der Waals surface area contributed by atoms with E-state index in [0.717, 1.165) is 54.4 Å². The van der Waals surface area contributed by atoms with E-state index >= 15 is 0 Å². The third-order valence-electron chi connectivity index (χ3n) is 11.2. The standard InChI is InChI=1S/C51H31N5S/c1-3-15-32(16-4-1)33-17-13-18-34(31-33)49-52-50(54-51(53-49)56-44-27-11-7-21-36(44)37-22-8-12-28-45(37)56)42-25-14-24-40-41-30-29-39-38-23-9-10-26-43(38)55(35-19-5-2-6-20-35)46(39)48(41)57-47(40)42/h1-31H. The van der Waals surface area contributed by atoms with Crippen molar-refractivity contribution >= 4 is 75.1 Å². The zero-order chi connectivity index (χ0) is 37.5. The Morgan fingerprint density at radius 3 is 1.61 bits per heavy atom. The summed E-state index contributed by atoms with van der Waals surface area (Å²) >= 11 is 1.82. The molecule has 0 bridgehead atoms. The second-order valence-electron chi connectivity index (χ2n) is 14.4. The Labute approximate surface area is 331 Å². The van der Waals surface area contributed by atoms with Gasteiger partial charge in [-0.3, -0.25) is 4.57 Å². The summed E-state index contributed by atoms with van der Waals surface area (Å²) in [6, 6.07) is 66.5. The molecule has 12 rings (SSSR count). The number of rotatable bonds is 5. The van der Waals surface area contributed by atoms with Crippen molar-refractivity contribution in [3.05, 3.63) is 188 Å². The van der Waals surface area contributed by atoms with Gasteiger partial charge in [0.1, 0.15) is 0 Å². The predicted molar refractivity (Wildman–Crippen MR) is 238 cm³/mol. The van der Waals surface area contributed by atoms with Crippen LogP contribution in [-0.2, 0) is 0 Å². The van der Waals surface area contributed by atoms with Crippen LogP contribution < -0.4 is 0 Å². The monoisotopic (exact) mass is 745 g/mol. The first-order valence-electron chi connectivity index (χ1n) is 19.1. The van der Waals surface area contributed by atoms with Gasteiger partial charge in [0.2, 0.25) is 5.95 Å². The second kappa shape index (κ2) is 12.6. The normalized spacial score (nSPS) is 11.9. The molecule has 57 heavy (non-hydrogen) atoms. The van der Waals surface area contributed by atoms with Crippen LogP contribution >= 0.6 is 11.3 Å². The Balaban J connectivity index is 1.15. The van der Waals surface area contributed by atoms with Crippen molar-refractivity contribution in [2.24, 2.45) is 0 Å². The minimum Gasteiger partial charge on any atom is -0.308 e. The van der Waals surface area contributed by atoms with Crippen molar-refractivity contribution in [3.63, 3.8) is 0 Å². The molecule has 0 unspecified atom stereocenters. The van der Waals surface area contributed by atoms with E-state index in [9.17, 15) is 0 Å². The first-order valence-corrected chi connectivity index (χ1v) is 19.9. The molecule has 0 fully saturated rings. The Hall–Kier alpha value is -7.41. The van der Waals surface area contributed by atoms with E-state index in [2.05, 4.69) is 191 Å². The smallest absolute Gasteiger partial charge is 0.238 e. The van der Waals surface area contributed by atoms with Crippen LogP contribution in [0.1, 0.15) is 0 Å². The largest absolute Gasteiger partial charge is 0.308 e. The summed E-state index contributed by atoms with van der Waals surface area (Å²) in [5, 5.41) is 7.21. The number of nitrogens with zero attached hydrogens (tertiary/aromatic N) is 5.